The minimum Gasteiger partial charge on any atom is -0.338 e. The number of nitrogens with zero attached hydrogens (tertiary/aromatic N) is 6. The van der Waals surface area contributed by atoms with Gasteiger partial charge in [-0.3, -0.25) is 14.5 Å². The Morgan fingerprint density at radius 1 is 0.742 bits per heavy atom. The Balaban J connectivity index is 0.00000171. The number of halogens is 2. The standard InChI is InChI=1S/C21H24N6O2.2ClH/c28-19-8-9-20(29)27(18-6-2-1-3-7-18)26(19)13-5-12-24-14-16-25(17-15-24)21-22-10-4-11-23-21;;/h1-4,6-11H,5,12-17H2;2*1H. The van der Waals surface area contributed by atoms with Gasteiger partial charge in [0.15, 0.2) is 0 Å². The first-order chi connectivity index (χ1) is 14.2. The summed E-state index contributed by atoms with van der Waals surface area (Å²) in [6, 6.07) is 13.8. The van der Waals surface area contributed by atoms with Crippen molar-refractivity contribution in [3.63, 3.8) is 0 Å². The van der Waals surface area contributed by atoms with Gasteiger partial charge in [0.2, 0.25) is 5.95 Å². The molecule has 1 saturated heterocycles. The number of anilines is 1. The van der Waals surface area contributed by atoms with Crippen LogP contribution in [-0.4, -0.2) is 57.0 Å². The molecule has 1 aromatic carbocycles. The van der Waals surface area contributed by atoms with E-state index in [1.165, 1.54) is 21.5 Å². The zero-order valence-corrected chi connectivity index (χ0v) is 18.7. The van der Waals surface area contributed by atoms with Gasteiger partial charge < -0.3 is 4.90 Å². The van der Waals surface area contributed by atoms with Crippen molar-refractivity contribution < 1.29 is 0 Å². The molecule has 8 nitrogen and oxygen atoms in total. The van der Waals surface area contributed by atoms with Crippen molar-refractivity contribution in [1.29, 1.82) is 0 Å². The van der Waals surface area contributed by atoms with Crippen molar-refractivity contribution in [1.82, 2.24) is 24.2 Å². The largest absolute Gasteiger partial charge is 0.338 e. The van der Waals surface area contributed by atoms with E-state index in [1.807, 2.05) is 36.4 Å². The molecule has 10 heteroatoms. The average Bonchev–Trinajstić information content (AvgIpc) is 2.78. The molecule has 0 saturated carbocycles. The predicted octanol–water partition coefficient (Wildman–Crippen LogP) is 1.85. The number of benzene rings is 1. The Morgan fingerprint density at radius 3 is 2.06 bits per heavy atom. The predicted molar refractivity (Wildman–Crippen MR) is 126 cm³/mol. The first-order valence-electron chi connectivity index (χ1n) is 9.85. The fourth-order valence-corrected chi connectivity index (χ4v) is 3.63. The fourth-order valence-electron chi connectivity index (χ4n) is 3.63. The minimum absolute atomic E-state index is 0. The molecule has 1 aliphatic heterocycles. The monoisotopic (exact) mass is 464 g/mol. The molecule has 0 atom stereocenters. The van der Waals surface area contributed by atoms with Gasteiger partial charge in [0.05, 0.1) is 5.69 Å². The lowest BCUT2D eigenvalue weighted by Gasteiger charge is -2.34. The summed E-state index contributed by atoms with van der Waals surface area (Å²) in [5, 5.41) is 0. The van der Waals surface area contributed by atoms with Crippen LogP contribution in [-0.2, 0) is 6.54 Å². The summed E-state index contributed by atoms with van der Waals surface area (Å²) in [6.45, 7) is 4.97. The third kappa shape index (κ3) is 5.94. The second-order valence-electron chi connectivity index (χ2n) is 7.01. The normalized spacial score (nSPS) is 13.9. The van der Waals surface area contributed by atoms with Crippen molar-refractivity contribution in [3.8, 4) is 5.69 Å². The van der Waals surface area contributed by atoms with Crippen LogP contribution in [0.25, 0.3) is 5.69 Å². The highest BCUT2D eigenvalue weighted by molar-refractivity contribution is 5.85. The number of aromatic nitrogens is 4. The lowest BCUT2D eigenvalue weighted by molar-refractivity contribution is 0.245. The molecule has 2 aromatic heterocycles. The Morgan fingerprint density at radius 2 is 1.39 bits per heavy atom. The van der Waals surface area contributed by atoms with E-state index >= 15 is 0 Å². The van der Waals surface area contributed by atoms with Crippen LogP contribution in [0.15, 0.2) is 70.5 Å². The van der Waals surface area contributed by atoms with E-state index in [-0.39, 0.29) is 35.9 Å². The molecule has 0 spiro atoms. The summed E-state index contributed by atoms with van der Waals surface area (Å²) in [5.74, 6) is 0.773. The average molecular weight is 465 g/mol. The summed E-state index contributed by atoms with van der Waals surface area (Å²) in [5.41, 5.74) is 0.332. The molecule has 4 rings (SSSR count). The van der Waals surface area contributed by atoms with E-state index < -0.39 is 0 Å². The van der Waals surface area contributed by atoms with Gasteiger partial charge in [0.1, 0.15) is 0 Å². The van der Waals surface area contributed by atoms with Crippen LogP contribution in [0.1, 0.15) is 6.42 Å². The van der Waals surface area contributed by atoms with Gasteiger partial charge in [-0.15, -0.1) is 24.8 Å². The van der Waals surface area contributed by atoms with Crippen molar-refractivity contribution in [2.24, 2.45) is 0 Å². The van der Waals surface area contributed by atoms with Crippen molar-refractivity contribution in [2.45, 2.75) is 13.0 Å². The van der Waals surface area contributed by atoms with Gasteiger partial charge in [-0.25, -0.2) is 19.3 Å². The van der Waals surface area contributed by atoms with E-state index in [9.17, 15) is 9.59 Å². The summed E-state index contributed by atoms with van der Waals surface area (Å²) in [6.07, 6.45) is 4.31. The Kier molecular flexibility index (Phi) is 9.23. The summed E-state index contributed by atoms with van der Waals surface area (Å²) < 4.78 is 3.00. The first kappa shape index (κ1) is 24.6. The molecular formula is C21H26Cl2N6O2. The molecule has 1 fully saturated rings. The molecule has 0 N–H and O–H groups in total. The second-order valence-corrected chi connectivity index (χ2v) is 7.01. The molecular weight excluding hydrogens is 439 g/mol. The van der Waals surface area contributed by atoms with Crippen LogP contribution in [0.3, 0.4) is 0 Å². The van der Waals surface area contributed by atoms with E-state index in [4.69, 9.17) is 0 Å². The van der Waals surface area contributed by atoms with E-state index in [1.54, 1.807) is 12.4 Å². The third-order valence-electron chi connectivity index (χ3n) is 5.13. The smallest absolute Gasteiger partial charge is 0.270 e. The van der Waals surface area contributed by atoms with Crippen molar-refractivity contribution >= 4 is 30.8 Å². The van der Waals surface area contributed by atoms with Gasteiger partial charge in [-0.05, 0) is 24.6 Å². The van der Waals surface area contributed by atoms with E-state index in [0.717, 1.165) is 45.1 Å². The van der Waals surface area contributed by atoms with E-state index in [0.29, 0.717) is 12.2 Å². The van der Waals surface area contributed by atoms with Gasteiger partial charge >= 0.3 is 0 Å². The Hall–Kier alpha value is -2.68. The zero-order valence-electron chi connectivity index (χ0n) is 17.0. The lowest BCUT2D eigenvalue weighted by atomic mass is 10.3. The molecule has 0 radical (unpaired) electrons. The molecule has 0 bridgehead atoms. The number of piperazine rings is 1. The van der Waals surface area contributed by atoms with Gasteiger partial charge in [0.25, 0.3) is 11.1 Å². The highest BCUT2D eigenvalue weighted by Crippen LogP contribution is 2.10. The quantitative estimate of drug-likeness (QED) is 0.553. The molecule has 3 aromatic rings. The summed E-state index contributed by atoms with van der Waals surface area (Å²) >= 11 is 0. The lowest BCUT2D eigenvalue weighted by Crippen LogP contribution is -2.47. The SMILES string of the molecule is Cl.Cl.O=c1ccc(=O)n(-c2ccccc2)n1CCCN1CCN(c2ncccn2)CC1. The fraction of sp³-hybridized carbons (Fsp3) is 0.333. The first-order valence-corrected chi connectivity index (χ1v) is 9.85. The van der Waals surface area contributed by atoms with Gasteiger partial charge in [-0.1, -0.05) is 18.2 Å². The van der Waals surface area contributed by atoms with Crippen LogP contribution >= 0.6 is 24.8 Å². The molecule has 1 aliphatic rings. The second kappa shape index (κ2) is 11.6. The highest BCUT2D eigenvalue weighted by Gasteiger charge is 2.18. The summed E-state index contributed by atoms with van der Waals surface area (Å²) in [7, 11) is 0. The molecule has 3 heterocycles. The van der Waals surface area contributed by atoms with Crippen molar-refractivity contribution in [2.75, 3.05) is 37.6 Å². The van der Waals surface area contributed by atoms with Crippen LogP contribution in [0.5, 0.6) is 0 Å². The molecule has 0 unspecified atom stereocenters. The van der Waals surface area contributed by atoms with Crippen LogP contribution < -0.4 is 16.0 Å². The van der Waals surface area contributed by atoms with Gasteiger partial charge in [0, 0.05) is 63.8 Å². The van der Waals surface area contributed by atoms with Crippen LogP contribution in [0, 0.1) is 0 Å². The molecule has 0 amide bonds. The minimum atomic E-state index is -0.202. The number of hydrogen-bond acceptors (Lipinski definition) is 6. The maximum absolute atomic E-state index is 12.4. The van der Waals surface area contributed by atoms with Crippen LogP contribution in [0.2, 0.25) is 0 Å². The van der Waals surface area contributed by atoms with Crippen LogP contribution in [0.4, 0.5) is 5.95 Å². The number of hydrogen-bond donors (Lipinski definition) is 0. The molecule has 166 valence electrons. The zero-order chi connectivity index (χ0) is 20.1. The highest BCUT2D eigenvalue weighted by atomic mass is 35.5. The Labute approximate surface area is 193 Å². The third-order valence-corrected chi connectivity index (χ3v) is 5.13. The number of para-hydroxylation sites is 1. The maximum atomic E-state index is 12.4. The number of rotatable bonds is 6. The molecule has 31 heavy (non-hydrogen) atoms. The Bertz CT molecular complexity index is 1050. The maximum Gasteiger partial charge on any atom is 0.270 e. The summed E-state index contributed by atoms with van der Waals surface area (Å²) in [4.78, 5) is 38.0. The van der Waals surface area contributed by atoms with E-state index in [2.05, 4.69) is 19.8 Å². The van der Waals surface area contributed by atoms with Gasteiger partial charge in [-0.2, -0.15) is 0 Å². The van der Waals surface area contributed by atoms with Crippen molar-refractivity contribution in [3.05, 3.63) is 81.6 Å². The topological polar surface area (TPSA) is 76.3 Å². The molecule has 0 aliphatic carbocycles.